The Kier molecular flexibility index (Phi) is 4.60. The number of hydrogen-bond acceptors (Lipinski definition) is 5. The minimum absolute atomic E-state index is 0.0246. The summed E-state index contributed by atoms with van der Waals surface area (Å²) in [6.45, 7) is 7.26. The average Bonchev–Trinajstić information content (AvgIpc) is 2.64. The van der Waals surface area contributed by atoms with Crippen LogP contribution in [0.5, 0.6) is 0 Å². The van der Waals surface area contributed by atoms with Crippen LogP contribution in [0.25, 0.3) is 0 Å². The summed E-state index contributed by atoms with van der Waals surface area (Å²) >= 11 is 0. The number of Topliss-reactive ketones (excluding diaryl/α,β-unsaturated/α-hetero) is 1. The van der Waals surface area contributed by atoms with E-state index in [2.05, 4.69) is 17.9 Å². The van der Waals surface area contributed by atoms with Gasteiger partial charge in [0.1, 0.15) is 0 Å². The maximum absolute atomic E-state index is 11.9. The fourth-order valence-electron chi connectivity index (χ4n) is 1.69. The van der Waals surface area contributed by atoms with Crippen LogP contribution in [0.1, 0.15) is 12.8 Å². The fraction of sp³-hybridized carbons (Fsp3) is 0.500. The first-order valence-electron chi connectivity index (χ1n) is 5.23. The summed E-state index contributed by atoms with van der Waals surface area (Å²) in [6.07, 6.45) is 2.35. The molecule has 0 aliphatic carbocycles. The molecule has 0 amide bonds. The van der Waals surface area contributed by atoms with Crippen molar-refractivity contribution in [2.75, 3.05) is 13.7 Å². The van der Waals surface area contributed by atoms with E-state index in [1.54, 1.807) is 6.08 Å². The highest BCUT2D eigenvalue weighted by atomic mass is 16.7. The van der Waals surface area contributed by atoms with Gasteiger partial charge in [0.05, 0.1) is 20.1 Å². The molecule has 5 heteroatoms. The van der Waals surface area contributed by atoms with Crippen molar-refractivity contribution in [1.29, 1.82) is 0 Å². The summed E-state index contributed by atoms with van der Waals surface area (Å²) in [5.74, 6) is -1.06. The molecular formula is C12H16O5. The lowest BCUT2D eigenvalue weighted by molar-refractivity contribution is -0.192. The zero-order valence-electron chi connectivity index (χ0n) is 9.81. The number of carbonyl (C=O) groups is 2. The lowest BCUT2D eigenvalue weighted by Crippen LogP contribution is -2.45. The molecular weight excluding hydrogens is 224 g/mol. The van der Waals surface area contributed by atoms with Crippen molar-refractivity contribution < 1.29 is 23.8 Å². The predicted octanol–water partition coefficient (Wildman–Crippen LogP) is 0.992. The van der Waals surface area contributed by atoms with E-state index in [9.17, 15) is 9.59 Å². The highest BCUT2D eigenvalue weighted by Gasteiger charge is 2.54. The molecule has 1 rings (SSSR count). The van der Waals surface area contributed by atoms with Crippen molar-refractivity contribution in [1.82, 2.24) is 0 Å². The zero-order valence-corrected chi connectivity index (χ0v) is 9.81. The lowest BCUT2D eigenvalue weighted by Gasteiger charge is -2.23. The molecule has 1 saturated heterocycles. The summed E-state index contributed by atoms with van der Waals surface area (Å²) in [7, 11) is 1.21. The fourth-order valence-corrected chi connectivity index (χ4v) is 1.69. The Morgan fingerprint density at radius 1 is 1.59 bits per heavy atom. The molecule has 1 fully saturated rings. The third-order valence-electron chi connectivity index (χ3n) is 2.48. The summed E-state index contributed by atoms with van der Waals surface area (Å²) < 4.78 is 15.2. The largest absolute Gasteiger partial charge is 0.467 e. The van der Waals surface area contributed by atoms with Crippen LogP contribution in [-0.4, -0.2) is 37.4 Å². The maximum atomic E-state index is 11.9. The van der Waals surface area contributed by atoms with Crippen LogP contribution in [0.2, 0.25) is 0 Å². The maximum Gasteiger partial charge on any atom is 0.346 e. The molecule has 0 unspecified atom stereocenters. The van der Waals surface area contributed by atoms with Crippen LogP contribution in [0.4, 0.5) is 0 Å². The molecule has 0 radical (unpaired) electrons. The van der Waals surface area contributed by atoms with E-state index in [4.69, 9.17) is 9.47 Å². The van der Waals surface area contributed by atoms with Crippen LogP contribution in [-0.2, 0) is 23.8 Å². The average molecular weight is 240 g/mol. The SMILES string of the molecule is C=CCO[C@@H]1CC(=O)[C@](CC=C)(C(=O)OC)O1. The Labute approximate surface area is 100 Å². The van der Waals surface area contributed by atoms with Crippen molar-refractivity contribution in [3.8, 4) is 0 Å². The van der Waals surface area contributed by atoms with Gasteiger partial charge >= 0.3 is 5.97 Å². The Bertz CT molecular complexity index is 336. The molecule has 0 aromatic carbocycles. The van der Waals surface area contributed by atoms with Gasteiger partial charge in [0.25, 0.3) is 0 Å². The number of ether oxygens (including phenoxy) is 3. The number of ketones is 1. The number of methoxy groups -OCH3 is 1. The van der Waals surface area contributed by atoms with E-state index in [1.807, 2.05) is 0 Å². The van der Waals surface area contributed by atoms with Crippen molar-refractivity contribution >= 4 is 11.8 Å². The van der Waals surface area contributed by atoms with Gasteiger partial charge in [0.15, 0.2) is 12.1 Å². The monoisotopic (exact) mass is 240 g/mol. The molecule has 1 aliphatic rings. The van der Waals surface area contributed by atoms with E-state index in [-0.39, 0.29) is 25.2 Å². The van der Waals surface area contributed by atoms with Gasteiger partial charge in [0.2, 0.25) is 5.60 Å². The van der Waals surface area contributed by atoms with Gasteiger partial charge in [-0.25, -0.2) is 4.79 Å². The first kappa shape index (κ1) is 13.6. The predicted molar refractivity (Wildman–Crippen MR) is 60.2 cm³/mol. The molecule has 0 N–H and O–H groups in total. The molecule has 0 bridgehead atoms. The lowest BCUT2D eigenvalue weighted by atomic mass is 9.95. The van der Waals surface area contributed by atoms with Gasteiger partial charge in [0, 0.05) is 6.42 Å². The first-order chi connectivity index (χ1) is 8.10. The van der Waals surface area contributed by atoms with Crippen LogP contribution < -0.4 is 0 Å². The molecule has 1 heterocycles. The van der Waals surface area contributed by atoms with E-state index in [1.165, 1.54) is 13.2 Å². The molecule has 0 aromatic heterocycles. The smallest absolute Gasteiger partial charge is 0.346 e. The zero-order chi connectivity index (χ0) is 12.9. The number of rotatable bonds is 6. The quantitative estimate of drug-likeness (QED) is 0.393. The summed E-state index contributed by atoms with van der Waals surface area (Å²) in [5.41, 5.74) is -1.59. The highest BCUT2D eigenvalue weighted by molar-refractivity contribution is 6.08. The van der Waals surface area contributed by atoms with E-state index >= 15 is 0 Å². The minimum atomic E-state index is -1.59. The van der Waals surface area contributed by atoms with Crippen LogP contribution in [0, 0.1) is 0 Å². The van der Waals surface area contributed by atoms with E-state index in [0.717, 1.165) is 0 Å². The standard InChI is InChI=1S/C12H16O5/c1-4-6-12(11(14)15-3)9(13)8-10(17-12)16-7-5-2/h4-5,10H,1-2,6-8H2,3H3/t10-,12+/m0/s1. The van der Waals surface area contributed by atoms with Gasteiger partial charge in [-0.2, -0.15) is 0 Å². The Morgan fingerprint density at radius 3 is 2.82 bits per heavy atom. The molecule has 94 valence electrons. The molecule has 0 spiro atoms. The summed E-state index contributed by atoms with van der Waals surface area (Å²) in [4.78, 5) is 23.5. The molecule has 1 aliphatic heterocycles. The molecule has 2 atom stereocenters. The van der Waals surface area contributed by atoms with Crippen molar-refractivity contribution in [2.45, 2.75) is 24.7 Å². The number of carbonyl (C=O) groups excluding carboxylic acids is 2. The Balaban J connectivity index is 2.84. The molecule has 5 nitrogen and oxygen atoms in total. The topological polar surface area (TPSA) is 61.8 Å². The second-order valence-electron chi connectivity index (χ2n) is 3.61. The van der Waals surface area contributed by atoms with Gasteiger partial charge in [-0.1, -0.05) is 12.2 Å². The number of hydrogen-bond donors (Lipinski definition) is 0. The third kappa shape index (κ3) is 2.62. The number of esters is 1. The van der Waals surface area contributed by atoms with E-state index < -0.39 is 17.9 Å². The van der Waals surface area contributed by atoms with Crippen molar-refractivity contribution in [3.63, 3.8) is 0 Å². The van der Waals surface area contributed by atoms with Crippen LogP contribution >= 0.6 is 0 Å². The first-order valence-corrected chi connectivity index (χ1v) is 5.23. The third-order valence-corrected chi connectivity index (χ3v) is 2.48. The van der Waals surface area contributed by atoms with Gasteiger partial charge < -0.3 is 14.2 Å². The summed E-state index contributed by atoms with van der Waals surface area (Å²) in [5, 5.41) is 0. The molecule has 0 aromatic rings. The Hall–Kier alpha value is -1.46. The van der Waals surface area contributed by atoms with Crippen molar-refractivity contribution in [3.05, 3.63) is 25.3 Å². The normalized spacial score (nSPS) is 27.8. The van der Waals surface area contributed by atoms with E-state index in [0.29, 0.717) is 0 Å². The van der Waals surface area contributed by atoms with Gasteiger partial charge in [-0.05, 0) is 0 Å². The molecule has 17 heavy (non-hydrogen) atoms. The van der Waals surface area contributed by atoms with Crippen LogP contribution in [0.15, 0.2) is 25.3 Å². The summed E-state index contributed by atoms with van der Waals surface area (Å²) in [6, 6.07) is 0. The van der Waals surface area contributed by atoms with Crippen LogP contribution in [0.3, 0.4) is 0 Å². The second-order valence-corrected chi connectivity index (χ2v) is 3.61. The van der Waals surface area contributed by atoms with Gasteiger partial charge in [-0.15, -0.1) is 13.2 Å². The Morgan fingerprint density at radius 2 is 2.29 bits per heavy atom. The van der Waals surface area contributed by atoms with Gasteiger partial charge in [-0.3, -0.25) is 4.79 Å². The highest BCUT2D eigenvalue weighted by Crippen LogP contribution is 2.32. The molecule has 0 saturated carbocycles. The minimum Gasteiger partial charge on any atom is -0.467 e. The van der Waals surface area contributed by atoms with Crippen molar-refractivity contribution in [2.24, 2.45) is 0 Å². The second kappa shape index (κ2) is 5.75.